The number of rotatable bonds is 4. The predicted octanol–water partition coefficient (Wildman–Crippen LogP) is 1.85. The molecule has 5 heteroatoms. The third-order valence-corrected chi connectivity index (χ3v) is 2.04. The summed E-state index contributed by atoms with van der Waals surface area (Å²) in [5.74, 6) is -0.571. The van der Waals surface area contributed by atoms with Gasteiger partial charge in [-0.2, -0.15) is 0 Å². The molecule has 4 nitrogen and oxygen atoms in total. The fourth-order valence-electron chi connectivity index (χ4n) is 1.24. The van der Waals surface area contributed by atoms with Gasteiger partial charge in [0.25, 0.3) is 0 Å². The quantitative estimate of drug-likeness (QED) is 0.630. The minimum atomic E-state index is -1.81. The van der Waals surface area contributed by atoms with Crippen molar-refractivity contribution in [3.05, 3.63) is 23.8 Å². The number of methoxy groups -OCH3 is 1. The molecule has 0 heterocycles. The summed E-state index contributed by atoms with van der Waals surface area (Å²) in [6.45, 7) is 1.76. The van der Waals surface area contributed by atoms with Crippen molar-refractivity contribution in [3.63, 3.8) is 0 Å². The van der Waals surface area contributed by atoms with E-state index in [1.54, 1.807) is 6.92 Å². The summed E-state index contributed by atoms with van der Waals surface area (Å²) in [4.78, 5) is 11.2. The monoisotopic (exact) mass is 227 g/mol. The molecular weight excluding hydrogens is 213 g/mol. The van der Waals surface area contributed by atoms with Gasteiger partial charge in [0.2, 0.25) is 6.17 Å². The zero-order chi connectivity index (χ0) is 12.1. The second kappa shape index (κ2) is 5.34. The van der Waals surface area contributed by atoms with E-state index in [1.807, 2.05) is 0 Å². The highest BCUT2D eigenvalue weighted by molar-refractivity contribution is 5.77. The molecule has 88 valence electrons. The molecule has 0 saturated carbocycles. The van der Waals surface area contributed by atoms with Gasteiger partial charge in [0.15, 0.2) is 0 Å². The van der Waals surface area contributed by atoms with Crippen LogP contribution in [0.3, 0.4) is 0 Å². The van der Waals surface area contributed by atoms with Crippen molar-refractivity contribution in [2.75, 3.05) is 19.5 Å². The molecule has 0 aliphatic rings. The minimum Gasteiger partial charge on any atom is -0.495 e. The summed E-state index contributed by atoms with van der Waals surface area (Å²) in [5.41, 5.74) is 6.13. The van der Waals surface area contributed by atoms with Gasteiger partial charge in [0, 0.05) is 5.56 Å². The second-order valence-corrected chi connectivity index (χ2v) is 3.12. The zero-order valence-electron chi connectivity index (χ0n) is 9.20. The maximum absolute atomic E-state index is 13.6. The van der Waals surface area contributed by atoms with Crippen LogP contribution in [0.5, 0.6) is 5.75 Å². The number of benzene rings is 1. The summed E-state index contributed by atoms with van der Waals surface area (Å²) in [5, 5.41) is 0. The van der Waals surface area contributed by atoms with Crippen molar-refractivity contribution in [2.45, 2.75) is 13.1 Å². The van der Waals surface area contributed by atoms with Crippen molar-refractivity contribution in [2.24, 2.45) is 0 Å². The Morgan fingerprint density at radius 2 is 2.25 bits per heavy atom. The zero-order valence-corrected chi connectivity index (χ0v) is 9.20. The maximum Gasteiger partial charge on any atom is 0.345 e. The molecule has 1 atom stereocenters. The van der Waals surface area contributed by atoms with Gasteiger partial charge in [0.1, 0.15) is 5.75 Å². The lowest BCUT2D eigenvalue weighted by Crippen LogP contribution is -2.12. The van der Waals surface area contributed by atoms with E-state index in [0.717, 1.165) is 0 Å². The Labute approximate surface area is 93.2 Å². The van der Waals surface area contributed by atoms with E-state index in [9.17, 15) is 9.18 Å². The molecule has 2 N–H and O–H groups in total. The largest absolute Gasteiger partial charge is 0.495 e. The van der Waals surface area contributed by atoms with Crippen LogP contribution >= 0.6 is 0 Å². The summed E-state index contributed by atoms with van der Waals surface area (Å²) in [6, 6.07) is 4.30. The fraction of sp³-hybridized carbons (Fsp3) is 0.364. The lowest BCUT2D eigenvalue weighted by Gasteiger charge is -2.10. The van der Waals surface area contributed by atoms with Crippen LogP contribution in [-0.2, 0) is 9.53 Å². The molecule has 1 aromatic rings. The summed E-state index contributed by atoms with van der Waals surface area (Å²) in [6.07, 6.45) is -1.81. The molecule has 1 aromatic carbocycles. The molecule has 0 aliphatic carbocycles. The molecule has 1 unspecified atom stereocenters. The first-order chi connectivity index (χ1) is 7.60. The molecule has 16 heavy (non-hydrogen) atoms. The van der Waals surface area contributed by atoms with Gasteiger partial charge in [-0.3, -0.25) is 0 Å². The van der Waals surface area contributed by atoms with E-state index in [4.69, 9.17) is 10.5 Å². The van der Waals surface area contributed by atoms with Crippen LogP contribution in [-0.4, -0.2) is 19.7 Å². The lowest BCUT2D eigenvalue weighted by atomic mass is 10.1. The number of carbonyl (C=O) groups is 1. The lowest BCUT2D eigenvalue weighted by molar-refractivity contribution is -0.149. The maximum atomic E-state index is 13.6. The van der Waals surface area contributed by atoms with Gasteiger partial charge in [-0.25, -0.2) is 9.18 Å². The Morgan fingerprint density at radius 1 is 1.56 bits per heavy atom. The number of anilines is 1. The Kier molecular flexibility index (Phi) is 4.10. The third-order valence-electron chi connectivity index (χ3n) is 2.04. The molecule has 1 rings (SSSR count). The van der Waals surface area contributed by atoms with Crippen LogP contribution in [0, 0.1) is 0 Å². The van der Waals surface area contributed by atoms with Crippen molar-refractivity contribution in [3.8, 4) is 5.75 Å². The first-order valence-electron chi connectivity index (χ1n) is 4.84. The third kappa shape index (κ3) is 2.62. The standard InChI is InChI=1S/C11H14FNO3/c1-3-16-11(14)10(12)7-4-5-8(13)9(6-7)15-2/h4-6,10H,3,13H2,1-2H3. The molecule has 0 fully saturated rings. The second-order valence-electron chi connectivity index (χ2n) is 3.12. The van der Waals surface area contributed by atoms with E-state index in [1.165, 1.54) is 25.3 Å². The predicted molar refractivity (Wildman–Crippen MR) is 57.9 cm³/mol. The molecule has 0 bridgehead atoms. The average Bonchev–Trinajstić information content (AvgIpc) is 2.29. The first kappa shape index (κ1) is 12.3. The van der Waals surface area contributed by atoms with Crippen LogP contribution in [0.1, 0.15) is 18.7 Å². The number of ether oxygens (including phenoxy) is 2. The summed E-state index contributed by atoms with van der Waals surface area (Å²) in [7, 11) is 1.42. The summed E-state index contributed by atoms with van der Waals surface area (Å²) < 4.78 is 23.1. The van der Waals surface area contributed by atoms with E-state index >= 15 is 0 Å². The molecule has 0 aliphatic heterocycles. The van der Waals surface area contributed by atoms with E-state index in [0.29, 0.717) is 11.4 Å². The first-order valence-corrected chi connectivity index (χ1v) is 4.84. The molecule has 0 saturated heterocycles. The number of hydrogen-bond donors (Lipinski definition) is 1. The van der Waals surface area contributed by atoms with E-state index in [-0.39, 0.29) is 12.2 Å². The highest BCUT2D eigenvalue weighted by Gasteiger charge is 2.21. The Bertz CT molecular complexity index is 381. The van der Waals surface area contributed by atoms with Crippen molar-refractivity contribution in [1.82, 2.24) is 0 Å². The van der Waals surface area contributed by atoms with Crippen molar-refractivity contribution in [1.29, 1.82) is 0 Å². The van der Waals surface area contributed by atoms with Crippen molar-refractivity contribution < 1.29 is 18.7 Å². The van der Waals surface area contributed by atoms with Crippen LogP contribution in [0.4, 0.5) is 10.1 Å². The highest BCUT2D eigenvalue weighted by atomic mass is 19.1. The van der Waals surface area contributed by atoms with E-state index < -0.39 is 12.1 Å². The van der Waals surface area contributed by atoms with Gasteiger partial charge in [-0.15, -0.1) is 0 Å². The number of nitrogen functional groups attached to an aromatic ring is 1. The van der Waals surface area contributed by atoms with Crippen LogP contribution in [0.15, 0.2) is 18.2 Å². The minimum absolute atomic E-state index is 0.144. The Hall–Kier alpha value is -1.78. The SMILES string of the molecule is CCOC(=O)C(F)c1ccc(N)c(OC)c1. The molecule has 0 spiro atoms. The molecular formula is C11H14FNO3. The van der Waals surface area contributed by atoms with Crippen LogP contribution in [0.2, 0.25) is 0 Å². The molecule has 0 amide bonds. The number of carbonyl (C=O) groups excluding carboxylic acids is 1. The van der Waals surface area contributed by atoms with Gasteiger partial charge in [0.05, 0.1) is 19.4 Å². The smallest absolute Gasteiger partial charge is 0.345 e. The molecule has 0 aromatic heterocycles. The fourth-order valence-corrected chi connectivity index (χ4v) is 1.24. The van der Waals surface area contributed by atoms with Crippen LogP contribution < -0.4 is 10.5 Å². The number of nitrogens with two attached hydrogens (primary N) is 1. The Balaban J connectivity index is 2.91. The van der Waals surface area contributed by atoms with Gasteiger partial charge >= 0.3 is 5.97 Å². The topological polar surface area (TPSA) is 61.5 Å². The van der Waals surface area contributed by atoms with Crippen LogP contribution in [0.25, 0.3) is 0 Å². The average molecular weight is 227 g/mol. The number of esters is 1. The van der Waals surface area contributed by atoms with Gasteiger partial charge < -0.3 is 15.2 Å². The normalized spacial score (nSPS) is 11.9. The summed E-state index contributed by atoms with van der Waals surface area (Å²) >= 11 is 0. The molecule has 0 radical (unpaired) electrons. The number of halogens is 1. The highest BCUT2D eigenvalue weighted by Crippen LogP contribution is 2.27. The van der Waals surface area contributed by atoms with Crippen molar-refractivity contribution >= 4 is 11.7 Å². The number of hydrogen-bond acceptors (Lipinski definition) is 4. The number of alkyl halides is 1. The van der Waals surface area contributed by atoms with Gasteiger partial charge in [-0.05, 0) is 19.1 Å². The Morgan fingerprint density at radius 3 is 2.81 bits per heavy atom. The van der Waals surface area contributed by atoms with E-state index in [2.05, 4.69) is 4.74 Å². The van der Waals surface area contributed by atoms with Gasteiger partial charge in [-0.1, -0.05) is 6.07 Å².